The molecule has 9 nitrogen and oxygen atoms in total. The molecule has 1 unspecified atom stereocenters. The van der Waals surface area contributed by atoms with E-state index < -0.39 is 23.5 Å². The molecule has 2 aromatic rings. The molecule has 3 rings (SSSR count). The monoisotopic (exact) mass is 481 g/mol. The zero-order valence-corrected chi connectivity index (χ0v) is 18.7. The molecule has 12 heteroatoms. The minimum atomic E-state index is -4.68. The van der Waals surface area contributed by atoms with Crippen molar-refractivity contribution in [2.24, 2.45) is 5.92 Å². The molecule has 1 aliphatic rings. The summed E-state index contributed by atoms with van der Waals surface area (Å²) in [5.74, 6) is -1.73. The molecule has 1 aromatic heterocycles. The number of carboxylic acid groups (broad SMARTS) is 1. The lowest BCUT2D eigenvalue weighted by Crippen LogP contribution is -2.43. The van der Waals surface area contributed by atoms with E-state index in [1.807, 2.05) is 0 Å². The van der Waals surface area contributed by atoms with Gasteiger partial charge in [-0.1, -0.05) is 12.8 Å². The lowest BCUT2D eigenvalue weighted by Gasteiger charge is -2.32. The lowest BCUT2D eigenvalue weighted by atomic mass is 9.84. The van der Waals surface area contributed by atoms with Crippen molar-refractivity contribution in [3.8, 4) is 5.75 Å². The van der Waals surface area contributed by atoms with E-state index in [2.05, 4.69) is 25.9 Å². The van der Waals surface area contributed by atoms with Gasteiger partial charge in [0.05, 0.1) is 18.4 Å². The topological polar surface area (TPSA) is 125 Å². The third-order valence-corrected chi connectivity index (χ3v) is 5.62. The van der Waals surface area contributed by atoms with Gasteiger partial charge >= 0.3 is 12.1 Å². The summed E-state index contributed by atoms with van der Waals surface area (Å²) >= 11 is 0. The van der Waals surface area contributed by atoms with Gasteiger partial charge in [-0.05, 0) is 37.0 Å². The average molecular weight is 481 g/mol. The molecular weight excluding hydrogens is 455 g/mol. The third kappa shape index (κ3) is 6.27. The second-order valence-corrected chi connectivity index (χ2v) is 8.03. The van der Waals surface area contributed by atoms with Gasteiger partial charge in [0.15, 0.2) is 0 Å². The maximum Gasteiger partial charge on any atom is 0.421 e. The Labute approximate surface area is 194 Å². The molecule has 0 aliphatic heterocycles. The standard InChI is InChI=1S/C22H26F3N5O4/c1-12(31)28-16-6-4-3-5-14(16)10-26-19-15(22(23,24)25)11-27-21(30-19)29-17-8-7-13(20(32)33)9-18(17)34-2/h7-9,11,14,16H,3-6,10H2,1-2H3,(H,28,31)(H,32,33)(H2,26,27,29,30)/t14?,16-/m1/s1. The van der Waals surface area contributed by atoms with Crippen LogP contribution < -0.4 is 20.7 Å². The summed E-state index contributed by atoms with van der Waals surface area (Å²) < 4.78 is 45.9. The first kappa shape index (κ1) is 25.1. The number of carboxylic acids is 1. The fourth-order valence-corrected chi connectivity index (χ4v) is 3.96. The van der Waals surface area contributed by atoms with Crippen LogP contribution in [-0.2, 0) is 11.0 Å². The minimum Gasteiger partial charge on any atom is -0.495 e. The second-order valence-electron chi connectivity index (χ2n) is 8.03. The van der Waals surface area contributed by atoms with E-state index in [1.54, 1.807) is 0 Å². The Kier molecular flexibility index (Phi) is 7.79. The Morgan fingerprint density at radius 2 is 1.97 bits per heavy atom. The molecule has 0 radical (unpaired) electrons. The molecule has 184 valence electrons. The number of hydrogen-bond donors (Lipinski definition) is 4. The molecule has 1 amide bonds. The fourth-order valence-electron chi connectivity index (χ4n) is 3.96. The molecule has 1 aromatic carbocycles. The number of methoxy groups -OCH3 is 1. The molecular formula is C22H26F3N5O4. The van der Waals surface area contributed by atoms with Gasteiger partial charge in [-0.3, -0.25) is 4.79 Å². The van der Waals surface area contributed by atoms with Crippen LogP contribution in [0, 0.1) is 5.92 Å². The van der Waals surface area contributed by atoms with Crippen molar-refractivity contribution < 1.29 is 32.6 Å². The van der Waals surface area contributed by atoms with Gasteiger partial charge < -0.3 is 25.8 Å². The largest absolute Gasteiger partial charge is 0.495 e. The van der Waals surface area contributed by atoms with Gasteiger partial charge in [-0.25, -0.2) is 9.78 Å². The number of anilines is 3. The summed E-state index contributed by atoms with van der Waals surface area (Å²) in [7, 11) is 1.34. The van der Waals surface area contributed by atoms with Crippen LogP contribution in [-0.4, -0.2) is 46.6 Å². The Balaban J connectivity index is 1.84. The highest BCUT2D eigenvalue weighted by molar-refractivity contribution is 5.89. The molecule has 0 spiro atoms. The number of carbonyl (C=O) groups is 2. The number of aromatic carboxylic acids is 1. The molecule has 1 aliphatic carbocycles. The van der Waals surface area contributed by atoms with E-state index in [9.17, 15) is 22.8 Å². The quantitative estimate of drug-likeness (QED) is 0.445. The van der Waals surface area contributed by atoms with Crippen LogP contribution >= 0.6 is 0 Å². The van der Waals surface area contributed by atoms with Gasteiger partial charge in [-0.2, -0.15) is 18.2 Å². The Morgan fingerprint density at radius 3 is 2.62 bits per heavy atom. The number of alkyl halides is 3. The second kappa shape index (κ2) is 10.6. The summed E-state index contributed by atoms with van der Waals surface area (Å²) in [4.78, 5) is 30.5. The van der Waals surface area contributed by atoms with Gasteiger partial charge in [0.2, 0.25) is 11.9 Å². The Bertz CT molecular complexity index is 1050. The van der Waals surface area contributed by atoms with Crippen LogP contribution in [0.15, 0.2) is 24.4 Å². The van der Waals surface area contributed by atoms with Gasteiger partial charge in [0.1, 0.15) is 17.1 Å². The summed E-state index contributed by atoms with van der Waals surface area (Å²) in [5, 5.41) is 17.6. The van der Waals surface area contributed by atoms with E-state index in [4.69, 9.17) is 9.84 Å². The maximum atomic E-state index is 13.6. The van der Waals surface area contributed by atoms with Crippen molar-refractivity contribution in [3.63, 3.8) is 0 Å². The van der Waals surface area contributed by atoms with E-state index in [0.717, 1.165) is 25.7 Å². The van der Waals surface area contributed by atoms with Crippen molar-refractivity contribution in [1.29, 1.82) is 0 Å². The molecule has 1 saturated carbocycles. The Morgan fingerprint density at radius 1 is 1.24 bits per heavy atom. The van der Waals surface area contributed by atoms with Crippen LogP contribution in [0.3, 0.4) is 0 Å². The van der Waals surface area contributed by atoms with Crippen molar-refractivity contribution >= 4 is 29.3 Å². The molecule has 2 atom stereocenters. The zero-order valence-electron chi connectivity index (χ0n) is 18.7. The van der Waals surface area contributed by atoms with Crippen LogP contribution in [0.1, 0.15) is 48.5 Å². The number of nitrogens with one attached hydrogen (secondary N) is 3. The maximum absolute atomic E-state index is 13.6. The molecule has 1 heterocycles. The minimum absolute atomic E-state index is 0.0145. The summed E-state index contributed by atoms with van der Waals surface area (Å²) in [6.45, 7) is 1.61. The summed E-state index contributed by atoms with van der Waals surface area (Å²) in [6, 6.07) is 3.89. The highest BCUT2D eigenvalue weighted by Crippen LogP contribution is 2.35. The predicted molar refractivity (Wildman–Crippen MR) is 118 cm³/mol. The number of nitrogens with zero attached hydrogens (tertiary/aromatic N) is 2. The van der Waals surface area contributed by atoms with Crippen LogP contribution in [0.4, 0.5) is 30.6 Å². The predicted octanol–water partition coefficient (Wildman–Crippen LogP) is 4.05. The number of benzene rings is 1. The van der Waals surface area contributed by atoms with Crippen molar-refractivity contribution in [1.82, 2.24) is 15.3 Å². The number of aromatic nitrogens is 2. The smallest absolute Gasteiger partial charge is 0.421 e. The first-order valence-electron chi connectivity index (χ1n) is 10.7. The zero-order chi connectivity index (χ0) is 24.9. The van der Waals surface area contributed by atoms with Crippen molar-refractivity contribution in [2.75, 3.05) is 24.3 Å². The SMILES string of the molecule is COc1cc(C(=O)O)ccc1Nc1ncc(C(F)(F)F)c(NCC2CCCC[C@H]2NC(C)=O)n1. The Hall–Kier alpha value is -3.57. The van der Waals surface area contributed by atoms with Crippen LogP contribution in [0.5, 0.6) is 5.75 Å². The van der Waals surface area contributed by atoms with Crippen molar-refractivity contribution in [3.05, 3.63) is 35.5 Å². The summed E-state index contributed by atoms with van der Waals surface area (Å²) in [5.41, 5.74) is -0.742. The van der Waals surface area contributed by atoms with Crippen LogP contribution in [0.25, 0.3) is 0 Å². The van der Waals surface area contributed by atoms with E-state index in [-0.39, 0.29) is 47.4 Å². The number of amides is 1. The first-order valence-corrected chi connectivity index (χ1v) is 10.7. The highest BCUT2D eigenvalue weighted by Gasteiger charge is 2.36. The fraction of sp³-hybridized carbons (Fsp3) is 0.455. The summed E-state index contributed by atoms with van der Waals surface area (Å²) in [6.07, 6.45) is -0.590. The van der Waals surface area contributed by atoms with Gasteiger partial charge in [-0.15, -0.1) is 0 Å². The normalized spacial score (nSPS) is 18.1. The molecule has 34 heavy (non-hydrogen) atoms. The average Bonchev–Trinajstić information content (AvgIpc) is 2.77. The number of halogens is 3. The number of carbonyl (C=O) groups excluding carboxylic acids is 1. The van der Waals surface area contributed by atoms with E-state index in [0.29, 0.717) is 6.20 Å². The van der Waals surface area contributed by atoms with Crippen LogP contribution in [0.2, 0.25) is 0 Å². The van der Waals surface area contributed by atoms with Gasteiger partial charge in [0.25, 0.3) is 0 Å². The third-order valence-electron chi connectivity index (χ3n) is 5.62. The lowest BCUT2D eigenvalue weighted by molar-refractivity contribution is -0.137. The number of rotatable bonds is 8. The molecule has 4 N–H and O–H groups in total. The van der Waals surface area contributed by atoms with E-state index in [1.165, 1.54) is 32.2 Å². The van der Waals surface area contributed by atoms with Gasteiger partial charge in [0, 0.05) is 25.7 Å². The first-order chi connectivity index (χ1) is 16.1. The highest BCUT2D eigenvalue weighted by atomic mass is 19.4. The molecule has 0 saturated heterocycles. The number of hydrogen-bond acceptors (Lipinski definition) is 7. The number of ether oxygens (including phenoxy) is 1. The molecule has 1 fully saturated rings. The van der Waals surface area contributed by atoms with E-state index >= 15 is 0 Å². The van der Waals surface area contributed by atoms with Crippen molar-refractivity contribution in [2.45, 2.75) is 44.8 Å². The molecule has 0 bridgehead atoms.